The van der Waals surface area contributed by atoms with Crippen LogP contribution in [0.1, 0.15) is 43.0 Å². The van der Waals surface area contributed by atoms with E-state index in [1.165, 1.54) is 0 Å². The Morgan fingerprint density at radius 3 is 1.18 bits per heavy atom. The van der Waals surface area contributed by atoms with Crippen LogP contribution in [0.25, 0.3) is 11.1 Å². The summed E-state index contributed by atoms with van der Waals surface area (Å²) >= 11 is 0. The van der Waals surface area contributed by atoms with Crippen LogP contribution in [-0.4, -0.2) is 11.9 Å². The second-order valence-electron chi connectivity index (χ2n) is 5.47. The van der Waals surface area contributed by atoms with Crippen LogP contribution in [0, 0.1) is 27.7 Å². The van der Waals surface area contributed by atoms with Gasteiger partial charge in [0.15, 0.2) is 0 Å². The number of carboxylic acid groups (broad SMARTS) is 2. The highest BCUT2D eigenvalue weighted by molar-refractivity contribution is 6.04. The molecule has 0 unspecified atom stereocenters. The molecule has 0 amide bonds. The minimum Gasteiger partial charge on any atom is -0.545 e. The zero-order chi connectivity index (χ0) is 16.6. The summed E-state index contributed by atoms with van der Waals surface area (Å²) in [5.41, 5.74) is 3.26. The molecule has 0 aliphatic heterocycles. The fourth-order valence-corrected chi connectivity index (χ4v) is 2.79. The molecular formula is C18H16O4-2. The van der Waals surface area contributed by atoms with Crippen molar-refractivity contribution in [1.82, 2.24) is 0 Å². The SMILES string of the molecule is Cc1ccc(C)c(-c2c(C)ccc(C)c2C(=O)[O-])c1C(=O)[O-]. The first-order valence-electron chi connectivity index (χ1n) is 6.89. The highest BCUT2D eigenvalue weighted by atomic mass is 16.4. The topological polar surface area (TPSA) is 80.3 Å². The third-order valence-corrected chi connectivity index (χ3v) is 3.90. The molecule has 2 rings (SSSR count). The van der Waals surface area contributed by atoms with Gasteiger partial charge in [0.05, 0.1) is 11.9 Å². The Morgan fingerprint density at radius 2 is 0.909 bits per heavy atom. The van der Waals surface area contributed by atoms with Crippen molar-refractivity contribution in [3.8, 4) is 11.1 Å². The fourth-order valence-electron chi connectivity index (χ4n) is 2.79. The van der Waals surface area contributed by atoms with E-state index >= 15 is 0 Å². The van der Waals surface area contributed by atoms with E-state index in [-0.39, 0.29) is 11.1 Å². The van der Waals surface area contributed by atoms with Crippen LogP contribution in [0.3, 0.4) is 0 Å². The number of carbonyl (C=O) groups excluding carboxylic acids is 2. The zero-order valence-corrected chi connectivity index (χ0v) is 12.9. The predicted octanol–water partition coefficient (Wildman–Crippen LogP) is 1.31. The van der Waals surface area contributed by atoms with Gasteiger partial charge in [-0.2, -0.15) is 0 Å². The maximum Gasteiger partial charge on any atom is 0.0724 e. The van der Waals surface area contributed by atoms with E-state index in [4.69, 9.17) is 0 Å². The fraction of sp³-hybridized carbons (Fsp3) is 0.222. The van der Waals surface area contributed by atoms with Gasteiger partial charge in [0, 0.05) is 11.1 Å². The summed E-state index contributed by atoms with van der Waals surface area (Å²) in [5, 5.41) is 23.1. The molecule has 0 fully saturated rings. The van der Waals surface area contributed by atoms with Gasteiger partial charge in [-0.15, -0.1) is 0 Å². The maximum atomic E-state index is 11.6. The highest BCUT2D eigenvalue weighted by Gasteiger charge is 2.19. The minimum absolute atomic E-state index is 0.0243. The van der Waals surface area contributed by atoms with Crippen LogP contribution in [0.15, 0.2) is 24.3 Å². The van der Waals surface area contributed by atoms with E-state index in [9.17, 15) is 19.8 Å². The Hall–Kier alpha value is -2.62. The molecule has 22 heavy (non-hydrogen) atoms. The lowest BCUT2D eigenvalue weighted by molar-refractivity contribution is -0.256. The molecule has 0 bridgehead atoms. The van der Waals surface area contributed by atoms with Crippen molar-refractivity contribution in [2.75, 3.05) is 0 Å². The van der Waals surface area contributed by atoms with Crippen molar-refractivity contribution in [2.24, 2.45) is 0 Å². The van der Waals surface area contributed by atoms with Crippen molar-refractivity contribution in [3.05, 3.63) is 57.6 Å². The molecule has 0 atom stereocenters. The zero-order valence-electron chi connectivity index (χ0n) is 12.9. The van der Waals surface area contributed by atoms with Crippen molar-refractivity contribution in [2.45, 2.75) is 27.7 Å². The van der Waals surface area contributed by atoms with E-state index in [0.29, 0.717) is 33.4 Å². The van der Waals surface area contributed by atoms with Crippen molar-refractivity contribution in [3.63, 3.8) is 0 Å². The average Bonchev–Trinajstić information content (AvgIpc) is 2.42. The van der Waals surface area contributed by atoms with Crippen LogP contribution in [0.5, 0.6) is 0 Å². The first-order chi connectivity index (χ1) is 10.3. The molecule has 0 saturated heterocycles. The predicted molar refractivity (Wildman–Crippen MR) is 79.5 cm³/mol. The van der Waals surface area contributed by atoms with Crippen LogP contribution >= 0.6 is 0 Å². The number of hydrogen-bond donors (Lipinski definition) is 0. The standard InChI is InChI=1S/C18H18O4/c1-9-5-7-11(3)15(17(19)20)13(9)14-10(2)6-8-12(4)16(14)18(21)22/h5-8H,1-4H3,(H,19,20)(H,21,22)/p-2. The summed E-state index contributed by atoms with van der Waals surface area (Å²) in [6.45, 7) is 6.83. The molecule has 0 aliphatic carbocycles. The van der Waals surface area contributed by atoms with Gasteiger partial charge in [0.1, 0.15) is 0 Å². The number of aryl methyl sites for hydroxylation is 4. The first-order valence-corrected chi connectivity index (χ1v) is 6.89. The summed E-state index contributed by atoms with van der Waals surface area (Å²) in [5.74, 6) is -2.64. The van der Waals surface area contributed by atoms with Crippen molar-refractivity contribution < 1.29 is 19.8 Å². The van der Waals surface area contributed by atoms with Gasteiger partial charge in [-0.25, -0.2) is 0 Å². The van der Waals surface area contributed by atoms with Crippen LogP contribution in [-0.2, 0) is 0 Å². The summed E-state index contributed by atoms with van der Waals surface area (Å²) in [6.07, 6.45) is 0. The number of benzene rings is 2. The lowest BCUT2D eigenvalue weighted by atomic mass is 9.85. The normalized spacial score (nSPS) is 10.5. The largest absolute Gasteiger partial charge is 0.545 e. The van der Waals surface area contributed by atoms with Crippen molar-refractivity contribution >= 4 is 11.9 Å². The minimum atomic E-state index is -1.32. The van der Waals surface area contributed by atoms with Gasteiger partial charge in [-0.05, 0) is 61.1 Å². The summed E-state index contributed by atoms with van der Waals surface area (Å²) in [4.78, 5) is 23.1. The number of carboxylic acids is 2. The summed E-state index contributed by atoms with van der Waals surface area (Å²) in [6, 6.07) is 6.93. The number of aromatic carboxylic acids is 2. The molecule has 2 aromatic carbocycles. The third-order valence-electron chi connectivity index (χ3n) is 3.90. The van der Waals surface area contributed by atoms with E-state index in [0.717, 1.165) is 0 Å². The number of hydrogen-bond acceptors (Lipinski definition) is 4. The Balaban J connectivity index is 3.01. The lowest BCUT2D eigenvalue weighted by Crippen LogP contribution is -2.27. The van der Waals surface area contributed by atoms with E-state index < -0.39 is 11.9 Å². The molecule has 0 aromatic heterocycles. The van der Waals surface area contributed by atoms with E-state index in [1.807, 2.05) is 0 Å². The second kappa shape index (κ2) is 5.64. The van der Waals surface area contributed by atoms with Crippen LogP contribution in [0.2, 0.25) is 0 Å². The van der Waals surface area contributed by atoms with Gasteiger partial charge in [-0.3, -0.25) is 0 Å². The number of carbonyl (C=O) groups is 2. The Kier molecular flexibility index (Phi) is 4.04. The van der Waals surface area contributed by atoms with Gasteiger partial charge in [0.25, 0.3) is 0 Å². The van der Waals surface area contributed by atoms with E-state index in [1.54, 1.807) is 52.0 Å². The molecule has 114 valence electrons. The molecule has 0 saturated carbocycles. The Bertz CT molecular complexity index is 721. The molecule has 2 aromatic rings. The van der Waals surface area contributed by atoms with E-state index in [2.05, 4.69) is 0 Å². The molecule has 0 spiro atoms. The monoisotopic (exact) mass is 296 g/mol. The smallest absolute Gasteiger partial charge is 0.0724 e. The Morgan fingerprint density at radius 1 is 0.636 bits per heavy atom. The highest BCUT2D eigenvalue weighted by Crippen LogP contribution is 2.35. The molecule has 0 radical (unpaired) electrons. The maximum absolute atomic E-state index is 11.6. The molecule has 4 heteroatoms. The first kappa shape index (κ1) is 15.8. The van der Waals surface area contributed by atoms with Crippen LogP contribution < -0.4 is 10.2 Å². The molecule has 0 N–H and O–H groups in total. The van der Waals surface area contributed by atoms with Gasteiger partial charge in [-0.1, -0.05) is 24.3 Å². The summed E-state index contributed by atoms with van der Waals surface area (Å²) < 4.78 is 0. The molecule has 0 heterocycles. The second-order valence-corrected chi connectivity index (χ2v) is 5.47. The Labute approximate surface area is 129 Å². The molecule has 4 nitrogen and oxygen atoms in total. The van der Waals surface area contributed by atoms with Crippen LogP contribution in [0.4, 0.5) is 0 Å². The van der Waals surface area contributed by atoms with Gasteiger partial charge in [0.2, 0.25) is 0 Å². The lowest BCUT2D eigenvalue weighted by Gasteiger charge is -2.22. The van der Waals surface area contributed by atoms with Gasteiger partial charge < -0.3 is 19.8 Å². The van der Waals surface area contributed by atoms with Gasteiger partial charge >= 0.3 is 0 Å². The average molecular weight is 296 g/mol. The molecular weight excluding hydrogens is 280 g/mol. The number of rotatable bonds is 3. The quantitative estimate of drug-likeness (QED) is 0.855. The van der Waals surface area contributed by atoms with Crippen molar-refractivity contribution in [1.29, 1.82) is 0 Å². The summed E-state index contributed by atoms with van der Waals surface area (Å²) in [7, 11) is 0. The molecule has 0 aliphatic rings. The third kappa shape index (κ3) is 2.48.